The van der Waals surface area contributed by atoms with Crippen LogP contribution in [0.1, 0.15) is 38.8 Å². The predicted octanol–water partition coefficient (Wildman–Crippen LogP) is 6.13. The second kappa shape index (κ2) is 7.70. The van der Waals surface area contributed by atoms with E-state index in [0.717, 1.165) is 33.7 Å². The Labute approximate surface area is 155 Å². The van der Waals surface area contributed by atoms with Gasteiger partial charge in [0.25, 0.3) is 0 Å². The van der Waals surface area contributed by atoms with Crippen molar-refractivity contribution in [3.05, 3.63) is 46.5 Å². The van der Waals surface area contributed by atoms with Crippen molar-refractivity contribution < 1.29 is 9.47 Å². The first-order valence-corrected chi connectivity index (χ1v) is 9.51. The van der Waals surface area contributed by atoms with Crippen LogP contribution < -0.4 is 9.47 Å². The number of hydrogen-bond acceptors (Lipinski definition) is 2. The van der Waals surface area contributed by atoms with Gasteiger partial charge in [0.15, 0.2) is 0 Å². The van der Waals surface area contributed by atoms with E-state index in [-0.39, 0.29) is 0 Å². The van der Waals surface area contributed by atoms with Crippen LogP contribution in [0.4, 0.5) is 0 Å². The van der Waals surface area contributed by atoms with E-state index in [1.807, 2.05) is 0 Å². The number of ether oxygens (including phenoxy) is 2. The fraction of sp³-hybridized carbons (Fsp3) is 0.455. The van der Waals surface area contributed by atoms with Crippen LogP contribution in [-0.2, 0) is 12.8 Å². The molecule has 0 bridgehead atoms. The van der Waals surface area contributed by atoms with Gasteiger partial charge in [0.2, 0.25) is 0 Å². The van der Waals surface area contributed by atoms with Gasteiger partial charge in [-0.1, -0.05) is 69.6 Å². The number of allylic oxidation sites excluding steroid dienone is 2. The van der Waals surface area contributed by atoms with E-state index in [2.05, 4.69) is 58.0 Å². The van der Waals surface area contributed by atoms with Gasteiger partial charge in [0, 0.05) is 33.4 Å². The molecule has 1 aliphatic carbocycles. The first-order valence-electron chi connectivity index (χ1n) is 9.14. The standard InChI is InChI=1S/C22H27ClO2/c1-14(2)12-24-21-17-7-5-6-8-18(17)22(25-13-15(3)4)20-11-16(23)9-10-19(20)21/h5-9,14-15H,10-13H2,1-4H3. The van der Waals surface area contributed by atoms with E-state index < -0.39 is 0 Å². The molecule has 2 aromatic carbocycles. The van der Waals surface area contributed by atoms with Crippen LogP contribution in [0.2, 0.25) is 0 Å². The Morgan fingerprint density at radius 3 is 1.92 bits per heavy atom. The lowest BCUT2D eigenvalue weighted by Crippen LogP contribution is -2.13. The maximum Gasteiger partial charge on any atom is 0.131 e. The summed E-state index contributed by atoms with van der Waals surface area (Å²) in [5, 5.41) is 3.13. The molecule has 0 saturated carbocycles. The first-order chi connectivity index (χ1) is 12.0. The molecule has 134 valence electrons. The highest BCUT2D eigenvalue weighted by Crippen LogP contribution is 2.44. The zero-order chi connectivity index (χ0) is 18.0. The minimum atomic E-state index is 0.473. The fourth-order valence-electron chi connectivity index (χ4n) is 3.16. The van der Waals surface area contributed by atoms with Crippen LogP contribution in [0, 0.1) is 11.8 Å². The normalized spacial score (nSPS) is 14.0. The van der Waals surface area contributed by atoms with Gasteiger partial charge in [-0.3, -0.25) is 0 Å². The Balaban J connectivity index is 2.18. The largest absolute Gasteiger partial charge is 0.492 e. The van der Waals surface area contributed by atoms with Crippen LogP contribution in [0.3, 0.4) is 0 Å². The van der Waals surface area contributed by atoms with Gasteiger partial charge in [-0.2, -0.15) is 0 Å². The Morgan fingerprint density at radius 2 is 1.40 bits per heavy atom. The Morgan fingerprint density at radius 1 is 0.880 bits per heavy atom. The zero-order valence-electron chi connectivity index (χ0n) is 15.6. The van der Waals surface area contributed by atoms with E-state index in [4.69, 9.17) is 21.1 Å². The quantitative estimate of drug-likeness (QED) is 0.618. The molecule has 0 unspecified atom stereocenters. The molecule has 0 spiro atoms. The van der Waals surface area contributed by atoms with Gasteiger partial charge in [0.1, 0.15) is 11.5 Å². The van der Waals surface area contributed by atoms with E-state index in [0.29, 0.717) is 31.5 Å². The number of hydrogen-bond donors (Lipinski definition) is 0. The highest BCUT2D eigenvalue weighted by molar-refractivity contribution is 6.30. The molecule has 3 heteroatoms. The van der Waals surface area contributed by atoms with Crippen LogP contribution in [0.25, 0.3) is 10.8 Å². The molecule has 0 N–H and O–H groups in total. The van der Waals surface area contributed by atoms with Gasteiger partial charge in [-0.25, -0.2) is 0 Å². The lowest BCUT2D eigenvalue weighted by Gasteiger charge is -2.25. The summed E-state index contributed by atoms with van der Waals surface area (Å²) in [7, 11) is 0. The van der Waals surface area contributed by atoms with Crippen molar-refractivity contribution in [3.63, 3.8) is 0 Å². The predicted molar refractivity (Wildman–Crippen MR) is 106 cm³/mol. The molecule has 0 aromatic heterocycles. The van der Waals surface area contributed by atoms with Crippen LogP contribution in [0.15, 0.2) is 35.4 Å². The third-order valence-electron chi connectivity index (χ3n) is 4.32. The Kier molecular flexibility index (Phi) is 5.58. The molecule has 2 nitrogen and oxygen atoms in total. The lowest BCUT2D eigenvalue weighted by molar-refractivity contribution is 0.265. The average molecular weight is 359 g/mol. The summed E-state index contributed by atoms with van der Waals surface area (Å²) in [6.07, 6.45) is 3.60. The maximum absolute atomic E-state index is 6.37. The molecule has 25 heavy (non-hydrogen) atoms. The van der Waals surface area contributed by atoms with Crippen molar-refractivity contribution in [3.8, 4) is 11.5 Å². The molecular formula is C22H27ClO2. The summed E-state index contributed by atoms with van der Waals surface area (Å²) in [4.78, 5) is 0. The van der Waals surface area contributed by atoms with E-state index in [1.54, 1.807) is 0 Å². The highest BCUT2D eigenvalue weighted by atomic mass is 35.5. The van der Waals surface area contributed by atoms with Gasteiger partial charge in [0.05, 0.1) is 13.2 Å². The first kappa shape index (κ1) is 18.1. The van der Waals surface area contributed by atoms with Crippen LogP contribution in [0.5, 0.6) is 11.5 Å². The molecule has 1 aliphatic rings. The highest BCUT2D eigenvalue weighted by Gasteiger charge is 2.24. The molecule has 2 aromatic rings. The van der Waals surface area contributed by atoms with E-state index >= 15 is 0 Å². The van der Waals surface area contributed by atoms with Crippen molar-refractivity contribution in [2.24, 2.45) is 11.8 Å². The number of fused-ring (bicyclic) bond motifs is 2. The summed E-state index contributed by atoms with van der Waals surface area (Å²) < 4.78 is 12.5. The Bertz CT molecular complexity index is 790. The SMILES string of the molecule is CC(C)COc1c2c(c(OCC(C)C)c3ccccc13)CC(Cl)=CC2. The lowest BCUT2D eigenvalue weighted by atomic mass is 9.90. The maximum atomic E-state index is 6.37. The zero-order valence-corrected chi connectivity index (χ0v) is 16.3. The van der Waals surface area contributed by atoms with Gasteiger partial charge < -0.3 is 9.47 Å². The van der Waals surface area contributed by atoms with Crippen LogP contribution >= 0.6 is 11.6 Å². The number of benzene rings is 2. The van der Waals surface area contributed by atoms with Crippen molar-refractivity contribution in [2.75, 3.05) is 13.2 Å². The van der Waals surface area contributed by atoms with Crippen molar-refractivity contribution in [1.82, 2.24) is 0 Å². The van der Waals surface area contributed by atoms with Gasteiger partial charge in [-0.05, 0) is 18.3 Å². The molecule has 0 fully saturated rings. The third kappa shape index (κ3) is 3.95. The summed E-state index contributed by atoms with van der Waals surface area (Å²) in [5.41, 5.74) is 2.41. The minimum absolute atomic E-state index is 0.473. The second-order valence-corrected chi connectivity index (χ2v) is 8.09. The van der Waals surface area contributed by atoms with Crippen molar-refractivity contribution in [1.29, 1.82) is 0 Å². The van der Waals surface area contributed by atoms with Crippen LogP contribution in [-0.4, -0.2) is 13.2 Å². The molecule has 0 atom stereocenters. The summed E-state index contributed by atoms with van der Waals surface area (Å²) in [5.74, 6) is 2.92. The topological polar surface area (TPSA) is 18.5 Å². The second-order valence-electron chi connectivity index (χ2n) is 7.60. The molecule has 0 saturated heterocycles. The number of rotatable bonds is 6. The van der Waals surface area contributed by atoms with E-state index in [1.165, 1.54) is 11.1 Å². The number of halogens is 1. The minimum Gasteiger partial charge on any atom is -0.492 e. The van der Waals surface area contributed by atoms with Crippen molar-refractivity contribution >= 4 is 22.4 Å². The summed E-state index contributed by atoms with van der Waals surface area (Å²) in [6, 6.07) is 8.38. The third-order valence-corrected chi connectivity index (χ3v) is 4.61. The molecule has 3 rings (SSSR count). The summed E-state index contributed by atoms with van der Waals surface area (Å²) >= 11 is 6.37. The van der Waals surface area contributed by atoms with E-state index in [9.17, 15) is 0 Å². The monoisotopic (exact) mass is 358 g/mol. The molecule has 0 aliphatic heterocycles. The van der Waals surface area contributed by atoms with Crippen molar-refractivity contribution in [2.45, 2.75) is 40.5 Å². The Hall–Kier alpha value is -1.67. The average Bonchev–Trinajstić information content (AvgIpc) is 2.57. The smallest absolute Gasteiger partial charge is 0.131 e. The van der Waals surface area contributed by atoms with Gasteiger partial charge >= 0.3 is 0 Å². The molecule has 0 heterocycles. The molecule has 0 radical (unpaired) electrons. The molecule has 0 amide bonds. The molecular weight excluding hydrogens is 332 g/mol. The fourth-order valence-corrected chi connectivity index (χ4v) is 3.38. The summed E-state index contributed by atoms with van der Waals surface area (Å²) in [6.45, 7) is 10.1. The van der Waals surface area contributed by atoms with Gasteiger partial charge in [-0.15, -0.1) is 0 Å².